The van der Waals surface area contributed by atoms with Crippen molar-refractivity contribution < 1.29 is 14.3 Å². The first-order valence-electron chi connectivity index (χ1n) is 9.30. The summed E-state index contributed by atoms with van der Waals surface area (Å²) in [6.45, 7) is 2.74. The molecule has 0 spiro atoms. The van der Waals surface area contributed by atoms with Gasteiger partial charge in [-0.2, -0.15) is 0 Å². The number of carbonyl (C=O) groups is 2. The molecule has 9 nitrogen and oxygen atoms in total. The molecular formula is C19H27ClN6O3. The van der Waals surface area contributed by atoms with E-state index < -0.39 is 0 Å². The van der Waals surface area contributed by atoms with Crippen molar-refractivity contribution in [3.63, 3.8) is 0 Å². The molecule has 1 saturated heterocycles. The van der Waals surface area contributed by atoms with Crippen LogP contribution in [0.5, 0.6) is 5.75 Å². The molecule has 2 N–H and O–H groups in total. The molecule has 1 atom stereocenters. The summed E-state index contributed by atoms with van der Waals surface area (Å²) in [6.07, 6.45) is 3.94. The number of methoxy groups -OCH3 is 1. The van der Waals surface area contributed by atoms with E-state index in [0.717, 1.165) is 32.5 Å². The topological polar surface area (TPSA) is 101 Å². The molecule has 0 aliphatic carbocycles. The Morgan fingerprint density at radius 2 is 2.17 bits per heavy atom. The standard InChI is InChI=1S/C19H26N6O3.ClH/c1-24(2)19(27)15-9-14(6-7-17(15)28-3)21-18(26)16-12-25(23-22-16)11-13-5-4-8-20-10-13;/h6-7,9,12-13,20H,4-5,8,10-11H2,1-3H3,(H,21,26);1H. The third-order valence-corrected chi connectivity index (χ3v) is 4.71. The van der Waals surface area contributed by atoms with Gasteiger partial charge in [0.15, 0.2) is 5.69 Å². The molecule has 0 saturated carbocycles. The van der Waals surface area contributed by atoms with Gasteiger partial charge in [-0.15, -0.1) is 17.5 Å². The highest BCUT2D eigenvalue weighted by molar-refractivity contribution is 6.04. The van der Waals surface area contributed by atoms with Crippen LogP contribution in [0.25, 0.3) is 0 Å². The summed E-state index contributed by atoms with van der Waals surface area (Å²) >= 11 is 0. The lowest BCUT2D eigenvalue weighted by Crippen LogP contribution is -2.32. The summed E-state index contributed by atoms with van der Waals surface area (Å²) in [5, 5.41) is 14.2. The van der Waals surface area contributed by atoms with Gasteiger partial charge < -0.3 is 20.3 Å². The number of nitrogens with one attached hydrogen (secondary N) is 2. The van der Waals surface area contributed by atoms with Gasteiger partial charge in [0.05, 0.1) is 18.9 Å². The van der Waals surface area contributed by atoms with E-state index in [4.69, 9.17) is 4.74 Å². The van der Waals surface area contributed by atoms with Crippen molar-refractivity contribution in [1.82, 2.24) is 25.2 Å². The fourth-order valence-electron chi connectivity index (χ4n) is 3.22. The molecule has 2 aromatic rings. The number of hydrogen-bond acceptors (Lipinski definition) is 6. The number of carbonyl (C=O) groups excluding carboxylic acids is 2. The van der Waals surface area contributed by atoms with Crippen molar-refractivity contribution in [2.45, 2.75) is 19.4 Å². The SMILES string of the molecule is COc1ccc(NC(=O)c2cn(CC3CCCNC3)nn2)cc1C(=O)N(C)C.Cl. The Morgan fingerprint density at radius 1 is 1.38 bits per heavy atom. The van der Waals surface area contributed by atoms with Gasteiger partial charge in [0, 0.05) is 26.3 Å². The van der Waals surface area contributed by atoms with Gasteiger partial charge in [-0.05, 0) is 50.0 Å². The van der Waals surface area contributed by atoms with Crippen molar-refractivity contribution in [3.05, 3.63) is 35.7 Å². The summed E-state index contributed by atoms with van der Waals surface area (Å²) in [5.74, 6) is 0.359. The molecule has 1 aliphatic rings. The lowest BCUT2D eigenvalue weighted by molar-refractivity contribution is 0.0824. The lowest BCUT2D eigenvalue weighted by atomic mass is 10.00. The van der Waals surface area contributed by atoms with E-state index >= 15 is 0 Å². The molecular weight excluding hydrogens is 396 g/mol. The maximum Gasteiger partial charge on any atom is 0.277 e. The van der Waals surface area contributed by atoms with Gasteiger partial charge in [0.1, 0.15) is 5.75 Å². The van der Waals surface area contributed by atoms with E-state index in [1.807, 2.05) is 0 Å². The molecule has 1 aliphatic heterocycles. The zero-order valence-electron chi connectivity index (χ0n) is 16.8. The van der Waals surface area contributed by atoms with E-state index in [9.17, 15) is 9.59 Å². The van der Waals surface area contributed by atoms with Crippen molar-refractivity contribution in [3.8, 4) is 5.75 Å². The lowest BCUT2D eigenvalue weighted by Gasteiger charge is -2.22. The minimum Gasteiger partial charge on any atom is -0.496 e. The largest absolute Gasteiger partial charge is 0.496 e. The molecule has 1 unspecified atom stereocenters. The first kappa shape index (κ1) is 22.6. The average Bonchev–Trinajstić information content (AvgIpc) is 3.16. The third-order valence-electron chi connectivity index (χ3n) is 4.71. The van der Waals surface area contributed by atoms with E-state index in [-0.39, 0.29) is 29.9 Å². The predicted octanol–water partition coefficient (Wildman–Crippen LogP) is 1.66. The Balaban J connectivity index is 0.00000300. The van der Waals surface area contributed by atoms with Crippen LogP contribution in [0.1, 0.15) is 33.7 Å². The highest BCUT2D eigenvalue weighted by Crippen LogP contribution is 2.24. The molecule has 3 rings (SSSR count). The van der Waals surface area contributed by atoms with E-state index in [0.29, 0.717) is 22.9 Å². The van der Waals surface area contributed by atoms with Gasteiger partial charge >= 0.3 is 0 Å². The van der Waals surface area contributed by atoms with E-state index in [1.54, 1.807) is 43.2 Å². The van der Waals surface area contributed by atoms with Gasteiger partial charge in [0.25, 0.3) is 11.8 Å². The molecule has 2 heterocycles. The van der Waals surface area contributed by atoms with Gasteiger partial charge in [-0.25, -0.2) is 0 Å². The molecule has 158 valence electrons. The number of piperidine rings is 1. The number of hydrogen-bond donors (Lipinski definition) is 2. The molecule has 1 aromatic carbocycles. The van der Waals surface area contributed by atoms with Crippen LogP contribution in [-0.2, 0) is 6.54 Å². The first-order chi connectivity index (χ1) is 13.5. The molecule has 10 heteroatoms. The van der Waals surface area contributed by atoms with Crippen LogP contribution in [0.3, 0.4) is 0 Å². The van der Waals surface area contributed by atoms with Crippen LogP contribution in [0, 0.1) is 5.92 Å². The Kier molecular flexibility index (Phi) is 7.98. The number of nitrogens with zero attached hydrogens (tertiary/aromatic N) is 4. The minimum atomic E-state index is -0.374. The summed E-state index contributed by atoms with van der Waals surface area (Å²) in [7, 11) is 4.82. The fourth-order valence-corrected chi connectivity index (χ4v) is 3.22. The number of rotatable bonds is 6. The number of ether oxygens (including phenoxy) is 1. The molecule has 2 amide bonds. The Bertz CT molecular complexity index is 848. The smallest absolute Gasteiger partial charge is 0.277 e. The van der Waals surface area contributed by atoms with Crippen LogP contribution in [0.2, 0.25) is 0 Å². The maximum absolute atomic E-state index is 12.5. The van der Waals surface area contributed by atoms with Gasteiger partial charge in [0.2, 0.25) is 0 Å². The molecule has 0 bridgehead atoms. The molecule has 1 aromatic heterocycles. The Morgan fingerprint density at radius 3 is 2.83 bits per heavy atom. The number of halogens is 1. The van der Waals surface area contributed by atoms with E-state index in [1.165, 1.54) is 12.0 Å². The van der Waals surface area contributed by atoms with Crippen molar-refractivity contribution in [2.24, 2.45) is 5.92 Å². The molecule has 0 radical (unpaired) electrons. The summed E-state index contributed by atoms with van der Waals surface area (Å²) < 4.78 is 6.96. The van der Waals surface area contributed by atoms with Crippen molar-refractivity contribution in [2.75, 3.05) is 39.6 Å². The van der Waals surface area contributed by atoms with Crippen LogP contribution < -0.4 is 15.4 Å². The van der Waals surface area contributed by atoms with Crippen LogP contribution in [0.15, 0.2) is 24.4 Å². The average molecular weight is 423 g/mol. The van der Waals surface area contributed by atoms with Crippen LogP contribution in [0.4, 0.5) is 5.69 Å². The first-order valence-corrected chi connectivity index (χ1v) is 9.30. The number of aromatic nitrogens is 3. The fraction of sp³-hybridized carbons (Fsp3) is 0.474. The zero-order valence-corrected chi connectivity index (χ0v) is 17.7. The second kappa shape index (κ2) is 10.2. The Labute approximate surface area is 176 Å². The maximum atomic E-state index is 12.5. The normalized spacial score (nSPS) is 15.9. The third kappa shape index (κ3) is 5.68. The van der Waals surface area contributed by atoms with Crippen molar-refractivity contribution in [1.29, 1.82) is 0 Å². The predicted molar refractivity (Wildman–Crippen MR) is 112 cm³/mol. The summed E-state index contributed by atoms with van der Waals surface area (Å²) in [4.78, 5) is 26.3. The molecule has 1 fully saturated rings. The highest BCUT2D eigenvalue weighted by Gasteiger charge is 2.18. The number of benzene rings is 1. The summed E-state index contributed by atoms with van der Waals surface area (Å²) in [5.41, 5.74) is 1.10. The highest BCUT2D eigenvalue weighted by atomic mass is 35.5. The van der Waals surface area contributed by atoms with Crippen LogP contribution >= 0.6 is 12.4 Å². The summed E-state index contributed by atoms with van der Waals surface area (Å²) in [6, 6.07) is 4.93. The molecule has 29 heavy (non-hydrogen) atoms. The number of anilines is 1. The second-order valence-corrected chi connectivity index (χ2v) is 7.11. The quantitative estimate of drug-likeness (QED) is 0.734. The number of amides is 2. The zero-order chi connectivity index (χ0) is 20.1. The monoisotopic (exact) mass is 422 g/mol. The van der Waals surface area contributed by atoms with E-state index in [2.05, 4.69) is 20.9 Å². The van der Waals surface area contributed by atoms with Gasteiger partial charge in [-0.3, -0.25) is 14.3 Å². The van der Waals surface area contributed by atoms with Crippen molar-refractivity contribution >= 4 is 29.9 Å². The van der Waals surface area contributed by atoms with Crippen LogP contribution in [-0.4, -0.2) is 66.0 Å². The Hall–Kier alpha value is -2.65. The minimum absolute atomic E-state index is 0. The van der Waals surface area contributed by atoms with Gasteiger partial charge in [-0.1, -0.05) is 5.21 Å². The second-order valence-electron chi connectivity index (χ2n) is 7.11.